The Bertz CT molecular complexity index is 544. The number of nitrogens with zero attached hydrogens (tertiary/aromatic N) is 1. The molecule has 1 aromatic heterocycles. The monoisotopic (exact) mass is 286 g/mol. The zero-order chi connectivity index (χ0) is 14.9. The summed E-state index contributed by atoms with van der Waals surface area (Å²) in [7, 11) is 1.70. The number of aryl methyl sites for hydroxylation is 1. The Kier molecular flexibility index (Phi) is 6.19. The Morgan fingerprint density at radius 2 is 1.90 bits per heavy atom. The minimum absolute atomic E-state index is 0.552. The fourth-order valence-corrected chi connectivity index (χ4v) is 1.97. The molecule has 0 saturated heterocycles. The van der Waals surface area contributed by atoms with Gasteiger partial charge in [0.15, 0.2) is 0 Å². The van der Waals surface area contributed by atoms with Gasteiger partial charge in [-0.05, 0) is 24.6 Å². The van der Waals surface area contributed by atoms with E-state index in [0.717, 1.165) is 29.2 Å². The summed E-state index contributed by atoms with van der Waals surface area (Å²) in [5.41, 5.74) is 3.07. The van der Waals surface area contributed by atoms with Gasteiger partial charge in [-0.15, -0.1) is 0 Å². The summed E-state index contributed by atoms with van der Waals surface area (Å²) in [6, 6.07) is 14.1. The molecule has 0 saturated carbocycles. The van der Waals surface area contributed by atoms with Crippen LogP contribution in [0.25, 0.3) is 0 Å². The lowest BCUT2D eigenvalue weighted by molar-refractivity contribution is 0.198. The number of pyridine rings is 1. The van der Waals surface area contributed by atoms with Crippen LogP contribution in [0.4, 0.5) is 0 Å². The molecule has 1 heterocycles. The molecule has 2 aromatic rings. The number of methoxy groups -OCH3 is 1. The summed E-state index contributed by atoms with van der Waals surface area (Å²) < 4.78 is 10.9. The van der Waals surface area contributed by atoms with Gasteiger partial charge in [0.25, 0.3) is 0 Å². The summed E-state index contributed by atoms with van der Waals surface area (Å²) in [5.74, 6) is 0.828. The van der Waals surface area contributed by atoms with Gasteiger partial charge in [-0.25, -0.2) is 0 Å². The van der Waals surface area contributed by atoms with Crippen molar-refractivity contribution in [3.05, 3.63) is 59.4 Å². The predicted molar refractivity (Wildman–Crippen MR) is 83.3 cm³/mol. The van der Waals surface area contributed by atoms with Crippen LogP contribution in [-0.4, -0.2) is 25.2 Å². The number of benzene rings is 1. The van der Waals surface area contributed by atoms with Crippen molar-refractivity contribution in [2.75, 3.05) is 20.3 Å². The summed E-state index contributed by atoms with van der Waals surface area (Å²) in [6.45, 7) is 4.70. The van der Waals surface area contributed by atoms with Gasteiger partial charge in [-0.3, -0.25) is 4.98 Å². The second kappa shape index (κ2) is 8.39. The van der Waals surface area contributed by atoms with Crippen molar-refractivity contribution >= 4 is 0 Å². The van der Waals surface area contributed by atoms with Crippen LogP contribution in [0.2, 0.25) is 0 Å². The topological polar surface area (TPSA) is 43.4 Å². The van der Waals surface area contributed by atoms with Crippen LogP contribution >= 0.6 is 0 Å². The molecule has 0 aliphatic rings. The maximum absolute atomic E-state index is 5.90. The van der Waals surface area contributed by atoms with E-state index in [0.29, 0.717) is 19.8 Å². The third-order valence-corrected chi connectivity index (χ3v) is 3.08. The van der Waals surface area contributed by atoms with E-state index < -0.39 is 0 Å². The molecule has 112 valence electrons. The Hall–Kier alpha value is -1.91. The molecule has 0 aliphatic carbocycles. The summed E-state index contributed by atoms with van der Waals surface area (Å²) >= 11 is 0. The van der Waals surface area contributed by atoms with Crippen molar-refractivity contribution in [1.29, 1.82) is 0 Å². The molecule has 1 N–H and O–H groups in total. The van der Waals surface area contributed by atoms with E-state index in [2.05, 4.69) is 22.4 Å². The highest BCUT2D eigenvalue weighted by Crippen LogP contribution is 2.18. The lowest BCUT2D eigenvalue weighted by atomic mass is 10.2. The van der Waals surface area contributed by atoms with Crippen LogP contribution < -0.4 is 10.1 Å². The van der Waals surface area contributed by atoms with Crippen molar-refractivity contribution < 1.29 is 9.47 Å². The Labute approximate surface area is 126 Å². The maximum Gasteiger partial charge on any atom is 0.142 e. The summed E-state index contributed by atoms with van der Waals surface area (Å²) in [6.07, 6.45) is 0. The standard InChI is InChI=1S/C17H22N2O2/c1-14-8-9-17(16(19-14)12-18-10-11-20-2)21-13-15-6-4-3-5-7-15/h3-9,18H,10-13H2,1-2H3. The summed E-state index contributed by atoms with van der Waals surface area (Å²) in [5, 5.41) is 3.30. The van der Waals surface area contributed by atoms with Crippen molar-refractivity contribution in [1.82, 2.24) is 10.3 Å². The number of rotatable bonds is 8. The highest BCUT2D eigenvalue weighted by Gasteiger charge is 2.06. The highest BCUT2D eigenvalue weighted by atomic mass is 16.5. The first kappa shape index (κ1) is 15.5. The number of hydrogen-bond acceptors (Lipinski definition) is 4. The zero-order valence-corrected chi connectivity index (χ0v) is 12.6. The number of nitrogens with one attached hydrogen (secondary N) is 1. The fourth-order valence-electron chi connectivity index (χ4n) is 1.97. The van der Waals surface area contributed by atoms with Crippen LogP contribution in [-0.2, 0) is 17.9 Å². The Morgan fingerprint density at radius 3 is 2.67 bits per heavy atom. The smallest absolute Gasteiger partial charge is 0.142 e. The minimum Gasteiger partial charge on any atom is -0.487 e. The van der Waals surface area contributed by atoms with E-state index in [1.807, 2.05) is 37.3 Å². The van der Waals surface area contributed by atoms with E-state index in [-0.39, 0.29) is 0 Å². The average Bonchev–Trinajstić information content (AvgIpc) is 2.52. The van der Waals surface area contributed by atoms with Crippen molar-refractivity contribution in [3.63, 3.8) is 0 Å². The Morgan fingerprint density at radius 1 is 1.10 bits per heavy atom. The van der Waals surface area contributed by atoms with Gasteiger partial charge in [0.2, 0.25) is 0 Å². The van der Waals surface area contributed by atoms with Crippen LogP contribution in [0, 0.1) is 6.92 Å². The molecular weight excluding hydrogens is 264 g/mol. The second-order valence-corrected chi connectivity index (χ2v) is 4.84. The molecule has 0 aliphatic heterocycles. The van der Waals surface area contributed by atoms with Crippen LogP contribution in [0.15, 0.2) is 42.5 Å². The number of aromatic nitrogens is 1. The lowest BCUT2D eigenvalue weighted by Gasteiger charge is -2.12. The van der Waals surface area contributed by atoms with Crippen LogP contribution in [0.5, 0.6) is 5.75 Å². The first-order chi connectivity index (χ1) is 10.3. The molecule has 0 unspecified atom stereocenters. The summed E-state index contributed by atoms with van der Waals surface area (Å²) in [4.78, 5) is 4.55. The van der Waals surface area contributed by atoms with E-state index in [4.69, 9.17) is 9.47 Å². The molecule has 0 amide bonds. The first-order valence-corrected chi connectivity index (χ1v) is 7.12. The molecule has 0 spiro atoms. The molecule has 1 aromatic carbocycles. The van der Waals surface area contributed by atoms with Gasteiger partial charge in [0.05, 0.1) is 12.3 Å². The van der Waals surface area contributed by atoms with Gasteiger partial charge >= 0.3 is 0 Å². The van der Waals surface area contributed by atoms with Gasteiger partial charge < -0.3 is 14.8 Å². The normalized spacial score (nSPS) is 10.6. The minimum atomic E-state index is 0.552. The predicted octanol–water partition coefficient (Wildman–Crippen LogP) is 2.71. The van der Waals surface area contributed by atoms with Crippen molar-refractivity contribution in [3.8, 4) is 5.75 Å². The molecule has 4 nitrogen and oxygen atoms in total. The molecule has 21 heavy (non-hydrogen) atoms. The molecule has 0 bridgehead atoms. The van der Waals surface area contributed by atoms with Gasteiger partial charge in [-0.1, -0.05) is 30.3 Å². The number of hydrogen-bond donors (Lipinski definition) is 1. The van der Waals surface area contributed by atoms with E-state index in [9.17, 15) is 0 Å². The third-order valence-electron chi connectivity index (χ3n) is 3.08. The maximum atomic E-state index is 5.90. The quantitative estimate of drug-likeness (QED) is 0.758. The lowest BCUT2D eigenvalue weighted by Crippen LogP contribution is -2.20. The van der Waals surface area contributed by atoms with Gasteiger partial charge in [-0.2, -0.15) is 0 Å². The largest absolute Gasteiger partial charge is 0.487 e. The second-order valence-electron chi connectivity index (χ2n) is 4.84. The van der Waals surface area contributed by atoms with Crippen molar-refractivity contribution in [2.45, 2.75) is 20.1 Å². The number of ether oxygens (including phenoxy) is 2. The molecular formula is C17H22N2O2. The molecule has 4 heteroatoms. The average molecular weight is 286 g/mol. The van der Waals surface area contributed by atoms with Crippen molar-refractivity contribution in [2.24, 2.45) is 0 Å². The van der Waals surface area contributed by atoms with Crippen LogP contribution in [0.1, 0.15) is 17.0 Å². The molecule has 0 atom stereocenters. The molecule has 0 fully saturated rings. The fraction of sp³-hybridized carbons (Fsp3) is 0.353. The van der Waals surface area contributed by atoms with Crippen LogP contribution in [0.3, 0.4) is 0 Å². The highest BCUT2D eigenvalue weighted by molar-refractivity contribution is 5.29. The zero-order valence-electron chi connectivity index (χ0n) is 12.6. The van der Waals surface area contributed by atoms with E-state index in [1.54, 1.807) is 7.11 Å². The Balaban J connectivity index is 1.97. The van der Waals surface area contributed by atoms with Gasteiger partial charge in [0.1, 0.15) is 12.4 Å². The third kappa shape index (κ3) is 5.17. The SMILES string of the molecule is COCCNCc1nc(C)ccc1OCc1ccccc1. The first-order valence-electron chi connectivity index (χ1n) is 7.12. The van der Waals surface area contributed by atoms with E-state index >= 15 is 0 Å². The molecule has 2 rings (SSSR count). The molecule has 0 radical (unpaired) electrons. The van der Waals surface area contributed by atoms with Gasteiger partial charge in [0, 0.05) is 25.9 Å². The van der Waals surface area contributed by atoms with E-state index in [1.165, 1.54) is 0 Å².